The summed E-state index contributed by atoms with van der Waals surface area (Å²) < 4.78 is 50.0. The Balaban J connectivity index is 1.14. The van der Waals surface area contributed by atoms with Gasteiger partial charge in [-0.3, -0.25) is 19.4 Å². The molecule has 1 saturated heterocycles. The molecule has 0 atom stereocenters. The number of aromatic nitrogens is 1. The topological polar surface area (TPSA) is 161 Å². The number of carbonyl (C=O) groups is 2. The highest BCUT2D eigenvalue weighted by Crippen LogP contribution is 2.40. The fourth-order valence-electron chi connectivity index (χ4n) is 7.03. The summed E-state index contributed by atoms with van der Waals surface area (Å²) in [7, 11) is 1.16. The van der Waals surface area contributed by atoms with E-state index in [1.165, 1.54) is 7.11 Å². The fraction of sp³-hybridized carbons (Fsp3) is 0.356. The van der Waals surface area contributed by atoms with Crippen molar-refractivity contribution in [2.75, 3.05) is 82.3 Å². The first-order valence-electron chi connectivity index (χ1n) is 19.8. The van der Waals surface area contributed by atoms with Crippen molar-refractivity contribution < 1.29 is 37.0 Å². The number of morpholine rings is 1. The summed E-state index contributed by atoms with van der Waals surface area (Å²) in [5.74, 6) is 1.74. The van der Waals surface area contributed by atoms with E-state index in [0.717, 1.165) is 73.1 Å². The van der Waals surface area contributed by atoms with Gasteiger partial charge in [-0.15, -0.1) is 0 Å². The fourth-order valence-corrected chi connectivity index (χ4v) is 7.58. The second kappa shape index (κ2) is 19.0. The largest absolute Gasteiger partial charge is 0.496 e. The molecule has 318 valence electrons. The van der Waals surface area contributed by atoms with Crippen LogP contribution in [0.1, 0.15) is 54.4 Å². The number of ether oxygens (including phenoxy) is 4. The maximum absolute atomic E-state index is 13.5. The number of carbonyl (C=O) groups excluding carboxylic acids is 2. The van der Waals surface area contributed by atoms with Crippen molar-refractivity contribution in [3.63, 3.8) is 0 Å². The maximum Gasteiger partial charge on any atom is 0.323 e. The van der Waals surface area contributed by atoms with E-state index in [4.69, 9.17) is 18.9 Å². The molecule has 1 fully saturated rings. The minimum Gasteiger partial charge on any atom is -0.496 e. The molecule has 4 aromatic carbocycles. The molecule has 0 bridgehead atoms. The Hall–Kier alpha value is -5.90. The summed E-state index contributed by atoms with van der Waals surface area (Å²) >= 11 is 0. The number of rotatable bonds is 15. The average Bonchev–Trinajstić information content (AvgIpc) is 3.21. The van der Waals surface area contributed by atoms with Gasteiger partial charge in [-0.1, -0.05) is 51.1 Å². The van der Waals surface area contributed by atoms with Crippen LogP contribution in [-0.4, -0.2) is 102 Å². The number of methoxy groups -OCH3 is 2. The molecule has 5 aromatic rings. The van der Waals surface area contributed by atoms with Crippen LogP contribution in [0.25, 0.3) is 10.8 Å². The van der Waals surface area contributed by atoms with Gasteiger partial charge in [0.2, 0.25) is 10.0 Å². The number of pyridine rings is 1. The molecule has 0 radical (unpaired) electrons. The predicted octanol–water partition coefficient (Wildman–Crippen LogP) is 7.74. The van der Waals surface area contributed by atoms with E-state index in [1.54, 1.807) is 48.5 Å². The first-order chi connectivity index (χ1) is 28.6. The smallest absolute Gasteiger partial charge is 0.323 e. The van der Waals surface area contributed by atoms with E-state index < -0.39 is 16.1 Å². The molecule has 0 saturated carbocycles. The Labute approximate surface area is 352 Å². The Kier molecular flexibility index (Phi) is 13.8. The highest BCUT2D eigenvalue weighted by Gasteiger charge is 2.23. The number of nitrogens with one attached hydrogen (secondary N) is 3. The third-order valence-electron chi connectivity index (χ3n) is 10.2. The Morgan fingerprint density at radius 3 is 2.28 bits per heavy atom. The van der Waals surface area contributed by atoms with E-state index in [0.29, 0.717) is 47.2 Å². The Morgan fingerprint density at radius 1 is 0.867 bits per heavy atom. The number of fused-ring (bicyclic) bond motifs is 1. The van der Waals surface area contributed by atoms with Crippen LogP contribution < -0.4 is 29.6 Å². The second-order valence-corrected chi connectivity index (χ2v) is 17.5. The lowest BCUT2D eigenvalue weighted by Gasteiger charge is -2.27. The van der Waals surface area contributed by atoms with Crippen molar-refractivity contribution in [3.8, 4) is 23.0 Å². The van der Waals surface area contributed by atoms with Gasteiger partial charge < -0.3 is 34.5 Å². The first-order valence-corrected chi connectivity index (χ1v) is 21.7. The summed E-state index contributed by atoms with van der Waals surface area (Å²) in [6.45, 7) is 10.9. The van der Waals surface area contributed by atoms with Crippen molar-refractivity contribution in [1.29, 1.82) is 0 Å². The first kappa shape index (κ1) is 43.7. The molecular formula is C45H54N6O8S. The molecular weight excluding hydrogens is 785 g/mol. The minimum atomic E-state index is -3.64. The van der Waals surface area contributed by atoms with Gasteiger partial charge in [-0.2, -0.15) is 0 Å². The van der Waals surface area contributed by atoms with Crippen LogP contribution in [0.4, 0.5) is 21.9 Å². The number of amides is 3. The number of benzene rings is 4. The summed E-state index contributed by atoms with van der Waals surface area (Å²) in [6, 6.07) is 23.3. The highest BCUT2D eigenvalue weighted by atomic mass is 32.2. The molecule has 60 heavy (non-hydrogen) atoms. The van der Waals surface area contributed by atoms with Crippen LogP contribution in [0.15, 0.2) is 85.1 Å². The van der Waals surface area contributed by atoms with Gasteiger partial charge in [0.15, 0.2) is 5.75 Å². The van der Waals surface area contributed by atoms with E-state index in [2.05, 4.69) is 25.2 Å². The molecule has 1 aromatic heterocycles. The average molecular weight is 839 g/mol. The molecule has 3 N–H and O–H groups in total. The van der Waals surface area contributed by atoms with Crippen molar-refractivity contribution in [1.82, 2.24) is 14.8 Å². The van der Waals surface area contributed by atoms with Crippen LogP contribution in [0, 0.1) is 0 Å². The monoisotopic (exact) mass is 838 g/mol. The van der Waals surface area contributed by atoms with Crippen LogP contribution in [-0.2, 0) is 26.6 Å². The molecule has 1 aliphatic rings. The van der Waals surface area contributed by atoms with Crippen molar-refractivity contribution in [3.05, 3.63) is 107 Å². The zero-order chi connectivity index (χ0) is 43.0. The molecule has 2 heterocycles. The van der Waals surface area contributed by atoms with Crippen LogP contribution >= 0.6 is 0 Å². The van der Waals surface area contributed by atoms with Gasteiger partial charge in [-0.05, 0) is 65.4 Å². The normalized spacial score (nSPS) is 13.4. The van der Waals surface area contributed by atoms with Gasteiger partial charge in [0.05, 0.1) is 56.3 Å². The molecule has 1 aliphatic heterocycles. The molecule has 3 amide bonds. The SMILES string of the molecule is COc1cc(Cc2cc(Oc3ccc(NC(=O)Nc4cc(C(C)(C)C)cc(NS(C)(=O)=O)c4OC)c4ccccc34)ccn2)ccc1C(=O)N(C)CCCN1CCOCC1. The molecule has 6 rings (SSSR count). The second-order valence-electron chi connectivity index (χ2n) is 15.8. The quantitative estimate of drug-likeness (QED) is 0.0952. The molecule has 0 unspecified atom stereocenters. The number of hydrogen-bond acceptors (Lipinski definition) is 10. The van der Waals surface area contributed by atoms with Crippen molar-refractivity contribution >= 4 is 49.8 Å². The predicted molar refractivity (Wildman–Crippen MR) is 236 cm³/mol. The van der Waals surface area contributed by atoms with Crippen LogP contribution in [0.2, 0.25) is 0 Å². The summed E-state index contributed by atoms with van der Waals surface area (Å²) in [4.78, 5) is 35.6. The van der Waals surface area contributed by atoms with Gasteiger partial charge in [0.25, 0.3) is 5.91 Å². The number of nitrogens with zero attached hydrogens (tertiary/aromatic N) is 3. The third-order valence-corrected chi connectivity index (χ3v) is 10.7. The summed E-state index contributed by atoms with van der Waals surface area (Å²) in [5.41, 5.74) is 3.65. The van der Waals surface area contributed by atoms with Crippen molar-refractivity contribution in [2.45, 2.75) is 39.0 Å². The zero-order valence-corrected chi connectivity index (χ0v) is 36.1. The van der Waals surface area contributed by atoms with Gasteiger partial charge >= 0.3 is 6.03 Å². The zero-order valence-electron chi connectivity index (χ0n) is 35.3. The highest BCUT2D eigenvalue weighted by molar-refractivity contribution is 7.92. The lowest BCUT2D eigenvalue weighted by atomic mass is 9.86. The molecule has 0 aliphatic carbocycles. The Morgan fingerprint density at radius 2 is 1.58 bits per heavy atom. The number of anilines is 3. The lowest BCUT2D eigenvalue weighted by molar-refractivity contribution is 0.0361. The van der Waals surface area contributed by atoms with Crippen LogP contribution in [0.3, 0.4) is 0 Å². The number of hydrogen-bond donors (Lipinski definition) is 3. The third kappa shape index (κ3) is 11.2. The lowest BCUT2D eigenvalue weighted by Crippen LogP contribution is -2.38. The van der Waals surface area contributed by atoms with Gasteiger partial charge in [-0.25, -0.2) is 13.2 Å². The van der Waals surface area contributed by atoms with E-state index >= 15 is 0 Å². The van der Waals surface area contributed by atoms with Crippen LogP contribution in [0.5, 0.6) is 23.0 Å². The van der Waals surface area contributed by atoms with Gasteiger partial charge in [0.1, 0.15) is 17.2 Å². The molecule has 0 spiro atoms. The molecule has 14 nitrogen and oxygen atoms in total. The molecule has 15 heteroatoms. The van der Waals surface area contributed by atoms with E-state index in [-0.39, 0.29) is 22.8 Å². The van der Waals surface area contributed by atoms with E-state index in [9.17, 15) is 18.0 Å². The van der Waals surface area contributed by atoms with E-state index in [1.807, 2.05) is 76.3 Å². The van der Waals surface area contributed by atoms with Gasteiger partial charge in [0, 0.05) is 68.4 Å². The Bertz CT molecular complexity index is 2450. The number of sulfonamides is 1. The minimum absolute atomic E-state index is 0.0906. The summed E-state index contributed by atoms with van der Waals surface area (Å²) in [5, 5.41) is 7.28. The standard InChI is InChI=1S/C45H54N6O8S/c1-45(2,3)31-27-38(42(57-6)39(28-31)49-60(7,54)55)48-44(53)47-37-15-16-40(35-12-9-8-11-34(35)37)59-33-17-18-46-32(29-33)25-30-13-14-36(41(26-30)56-5)43(52)50(4)19-10-20-51-21-23-58-24-22-51/h8-9,11-18,26-29,49H,10,19-25H2,1-7H3,(H2,47,48,53). The maximum atomic E-state index is 13.5. The summed E-state index contributed by atoms with van der Waals surface area (Å²) in [6.07, 6.45) is 4.10. The van der Waals surface area contributed by atoms with Crippen molar-refractivity contribution in [2.24, 2.45) is 0 Å². The number of urea groups is 1.